The summed E-state index contributed by atoms with van der Waals surface area (Å²) in [6, 6.07) is 3.93. The van der Waals surface area contributed by atoms with Gasteiger partial charge in [0.25, 0.3) is 0 Å². The topological polar surface area (TPSA) is 56.2 Å². The Morgan fingerprint density at radius 1 is 1.48 bits per heavy atom. The number of rotatable bonds is 5. The Balaban J connectivity index is 2.22. The van der Waals surface area contributed by atoms with Gasteiger partial charge in [0.05, 0.1) is 24.1 Å². The fourth-order valence-corrected chi connectivity index (χ4v) is 2.17. The summed E-state index contributed by atoms with van der Waals surface area (Å²) in [6.45, 7) is 2.48. The highest BCUT2D eigenvalue weighted by Crippen LogP contribution is 2.20. The average Bonchev–Trinajstić information content (AvgIpc) is 2.84. The number of esters is 1. The van der Waals surface area contributed by atoms with Crippen molar-refractivity contribution in [2.24, 2.45) is 7.05 Å². The number of methoxy groups -OCH3 is 1. The molecule has 0 aliphatic heterocycles. The number of halogens is 1. The van der Waals surface area contributed by atoms with Crippen LogP contribution in [0, 0.1) is 5.82 Å². The number of nitrogens with zero attached hydrogens (tertiary/aromatic N) is 2. The number of aryl methyl sites for hydroxylation is 2. The highest BCUT2D eigenvalue weighted by Gasteiger charge is 2.13. The molecule has 0 aliphatic rings. The van der Waals surface area contributed by atoms with Crippen LogP contribution >= 0.6 is 0 Å². The molecule has 0 bridgehead atoms. The van der Waals surface area contributed by atoms with E-state index >= 15 is 0 Å². The van der Waals surface area contributed by atoms with Crippen LogP contribution in [0.4, 0.5) is 10.1 Å². The van der Waals surface area contributed by atoms with E-state index in [-0.39, 0.29) is 0 Å². The van der Waals surface area contributed by atoms with E-state index in [9.17, 15) is 9.18 Å². The van der Waals surface area contributed by atoms with E-state index in [1.54, 1.807) is 4.68 Å². The van der Waals surface area contributed by atoms with Crippen molar-refractivity contribution in [1.82, 2.24) is 9.78 Å². The molecule has 0 spiro atoms. The van der Waals surface area contributed by atoms with Gasteiger partial charge in [-0.05, 0) is 24.6 Å². The van der Waals surface area contributed by atoms with Crippen molar-refractivity contribution in [3.05, 3.63) is 47.0 Å². The van der Waals surface area contributed by atoms with Crippen molar-refractivity contribution in [3.63, 3.8) is 0 Å². The number of ether oxygens (including phenoxy) is 1. The molecular weight excluding hydrogens is 273 g/mol. The number of benzene rings is 1. The summed E-state index contributed by atoms with van der Waals surface area (Å²) < 4.78 is 19.8. The molecule has 0 atom stereocenters. The van der Waals surface area contributed by atoms with E-state index in [1.807, 2.05) is 20.2 Å². The predicted molar refractivity (Wildman–Crippen MR) is 77.7 cm³/mol. The molecule has 5 nitrogen and oxygen atoms in total. The first kappa shape index (κ1) is 15.0. The van der Waals surface area contributed by atoms with E-state index in [0.29, 0.717) is 17.8 Å². The summed E-state index contributed by atoms with van der Waals surface area (Å²) in [7, 11) is 3.15. The first-order valence-corrected chi connectivity index (χ1v) is 6.68. The molecular formula is C15H18FN3O2. The third-order valence-electron chi connectivity index (χ3n) is 3.18. The van der Waals surface area contributed by atoms with Crippen LogP contribution in [0.3, 0.4) is 0 Å². The van der Waals surface area contributed by atoms with Crippen molar-refractivity contribution in [1.29, 1.82) is 0 Å². The van der Waals surface area contributed by atoms with Crippen LogP contribution in [-0.2, 0) is 24.8 Å². The van der Waals surface area contributed by atoms with Gasteiger partial charge in [-0.3, -0.25) is 4.68 Å². The summed E-state index contributed by atoms with van der Waals surface area (Å²) >= 11 is 0. The standard InChI is InChI=1S/C15H18FN3O2/c1-4-13-10(9-19(2)18-13)8-17-14-7-11(16)5-6-12(14)15(20)21-3/h5-7,9,17H,4,8H2,1-3H3. The van der Waals surface area contributed by atoms with Gasteiger partial charge < -0.3 is 10.1 Å². The van der Waals surface area contributed by atoms with Gasteiger partial charge >= 0.3 is 5.97 Å². The second-order valence-corrected chi connectivity index (χ2v) is 4.66. The number of carbonyl (C=O) groups is 1. The lowest BCUT2D eigenvalue weighted by atomic mass is 10.1. The molecule has 1 aromatic carbocycles. The minimum Gasteiger partial charge on any atom is -0.465 e. The normalized spacial score (nSPS) is 10.5. The zero-order valence-electron chi connectivity index (χ0n) is 12.3. The molecule has 2 aromatic rings. The van der Waals surface area contributed by atoms with Gasteiger partial charge in [-0.2, -0.15) is 5.10 Å². The van der Waals surface area contributed by atoms with Crippen LogP contribution in [0.25, 0.3) is 0 Å². The molecule has 0 saturated heterocycles. The van der Waals surface area contributed by atoms with Gasteiger partial charge in [-0.25, -0.2) is 9.18 Å². The van der Waals surface area contributed by atoms with Crippen molar-refractivity contribution in [2.45, 2.75) is 19.9 Å². The summed E-state index contributed by atoms with van der Waals surface area (Å²) in [5, 5.41) is 7.42. The smallest absolute Gasteiger partial charge is 0.339 e. The Kier molecular flexibility index (Phi) is 4.57. The number of hydrogen-bond donors (Lipinski definition) is 1. The van der Waals surface area contributed by atoms with Crippen LogP contribution in [0.15, 0.2) is 24.4 Å². The Labute approximate surface area is 122 Å². The second-order valence-electron chi connectivity index (χ2n) is 4.66. The van der Waals surface area contributed by atoms with Gasteiger partial charge in [0, 0.05) is 25.4 Å². The third kappa shape index (κ3) is 3.39. The molecule has 0 amide bonds. The van der Waals surface area contributed by atoms with Crippen LogP contribution < -0.4 is 5.32 Å². The second kappa shape index (κ2) is 6.39. The molecule has 0 saturated carbocycles. The van der Waals surface area contributed by atoms with E-state index in [1.165, 1.54) is 25.3 Å². The highest BCUT2D eigenvalue weighted by molar-refractivity contribution is 5.95. The average molecular weight is 291 g/mol. The Bertz CT molecular complexity index is 652. The number of aromatic nitrogens is 2. The predicted octanol–water partition coefficient (Wildman–Crippen LogP) is 2.52. The van der Waals surface area contributed by atoms with Gasteiger partial charge in [-0.15, -0.1) is 0 Å². The van der Waals surface area contributed by atoms with E-state index < -0.39 is 11.8 Å². The Hall–Kier alpha value is -2.37. The van der Waals surface area contributed by atoms with Crippen LogP contribution in [-0.4, -0.2) is 22.9 Å². The highest BCUT2D eigenvalue weighted by atomic mass is 19.1. The Morgan fingerprint density at radius 2 is 2.24 bits per heavy atom. The fourth-order valence-electron chi connectivity index (χ4n) is 2.17. The Morgan fingerprint density at radius 3 is 2.90 bits per heavy atom. The monoisotopic (exact) mass is 291 g/mol. The van der Waals surface area contributed by atoms with Crippen molar-refractivity contribution in [3.8, 4) is 0 Å². The molecule has 0 aliphatic carbocycles. The third-order valence-corrected chi connectivity index (χ3v) is 3.18. The zero-order chi connectivity index (χ0) is 15.4. The lowest BCUT2D eigenvalue weighted by molar-refractivity contribution is 0.0602. The van der Waals surface area contributed by atoms with Crippen molar-refractivity contribution >= 4 is 11.7 Å². The first-order chi connectivity index (χ1) is 10.0. The largest absolute Gasteiger partial charge is 0.465 e. The molecule has 21 heavy (non-hydrogen) atoms. The molecule has 0 radical (unpaired) electrons. The van der Waals surface area contributed by atoms with Gasteiger partial charge in [0.15, 0.2) is 0 Å². The van der Waals surface area contributed by atoms with Gasteiger partial charge in [0.1, 0.15) is 5.82 Å². The molecule has 1 aromatic heterocycles. The van der Waals surface area contributed by atoms with E-state index in [4.69, 9.17) is 4.74 Å². The maximum Gasteiger partial charge on any atom is 0.339 e. The number of anilines is 1. The maximum absolute atomic E-state index is 13.4. The first-order valence-electron chi connectivity index (χ1n) is 6.68. The summed E-state index contributed by atoms with van der Waals surface area (Å²) in [4.78, 5) is 11.7. The molecule has 0 unspecified atom stereocenters. The molecule has 1 N–H and O–H groups in total. The summed E-state index contributed by atoms with van der Waals surface area (Å²) in [6.07, 6.45) is 2.72. The number of nitrogens with one attached hydrogen (secondary N) is 1. The maximum atomic E-state index is 13.4. The van der Waals surface area contributed by atoms with Crippen molar-refractivity contribution < 1.29 is 13.9 Å². The number of carbonyl (C=O) groups excluding carboxylic acids is 1. The SMILES string of the molecule is CCc1nn(C)cc1CNc1cc(F)ccc1C(=O)OC. The quantitative estimate of drug-likeness (QED) is 0.860. The molecule has 6 heteroatoms. The minimum atomic E-state index is -0.501. The van der Waals surface area contributed by atoms with Crippen molar-refractivity contribution in [2.75, 3.05) is 12.4 Å². The summed E-state index contributed by atoms with van der Waals surface area (Å²) in [5.74, 6) is -0.911. The molecule has 0 fully saturated rings. The molecule has 112 valence electrons. The van der Waals surface area contributed by atoms with Crippen LogP contribution in [0.2, 0.25) is 0 Å². The molecule has 1 heterocycles. The number of hydrogen-bond acceptors (Lipinski definition) is 4. The zero-order valence-corrected chi connectivity index (χ0v) is 12.3. The lowest BCUT2D eigenvalue weighted by Gasteiger charge is -2.10. The van der Waals surface area contributed by atoms with E-state index in [2.05, 4.69) is 10.4 Å². The van der Waals surface area contributed by atoms with Gasteiger partial charge in [-0.1, -0.05) is 6.92 Å². The lowest BCUT2D eigenvalue weighted by Crippen LogP contribution is -2.09. The van der Waals surface area contributed by atoms with Crippen LogP contribution in [0.5, 0.6) is 0 Å². The fraction of sp³-hybridized carbons (Fsp3) is 0.333. The van der Waals surface area contributed by atoms with Crippen LogP contribution in [0.1, 0.15) is 28.5 Å². The van der Waals surface area contributed by atoms with Gasteiger partial charge in [0.2, 0.25) is 0 Å². The molecule has 2 rings (SSSR count). The van der Waals surface area contributed by atoms with E-state index in [0.717, 1.165) is 17.7 Å². The summed E-state index contributed by atoms with van der Waals surface area (Å²) in [5.41, 5.74) is 2.70. The minimum absolute atomic E-state index is 0.306.